The molecule has 1 aliphatic rings. The van der Waals surface area contributed by atoms with Crippen molar-refractivity contribution in [3.63, 3.8) is 0 Å². The van der Waals surface area contributed by atoms with Crippen LogP contribution in [0, 0.1) is 6.92 Å². The van der Waals surface area contributed by atoms with Gasteiger partial charge in [0.2, 0.25) is 5.91 Å². The molecule has 0 radical (unpaired) electrons. The molecule has 1 fully saturated rings. The summed E-state index contributed by atoms with van der Waals surface area (Å²) in [5.74, 6) is -0.471. The third-order valence-corrected chi connectivity index (χ3v) is 6.84. The molecule has 30 heavy (non-hydrogen) atoms. The molecule has 3 aromatic rings. The second-order valence-corrected chi connectivity index (χ2v) is 9.14. The van der Waals surface area contributed by atoms with Crippen LogP contribution in [0.4, 0.5) is 10.5 Å². The first kappa shape index (κ1) is 20.2. The first-order chi connectivity index (χ1) is 14.3. The SMILES string of the molecule is Cc1ccc(NC(=O)Cc2nc(CN3C(=O)NC(C)(c4cccs4)C3=O)cs2)cc1. The van der Waals surface area contributed by atoms with E-state index in [0.717, 1.165) is 16.1 Å². The minimum absolute atomic E-state index is 0.0711. The second-order valence-electron chi connectivity index (χ2n) is 7.25. The van der Waals surface area contributed by atoms with Gasteiger partial charge in [0, 0.05) is 15.9 Å². The Morgan fingerprint density at radius 2 is 1.97 bits per heavy atom. The molecule has 1 saturated heterocycles. The van der Waals surface area contributed by atoms with Crippen LogP contribution in [0.5, 0.6) is 0 Å². The number of nitrogens with zero attached hydrogens (tertiary/aromatic N) is 2. The number of rotatable bonds is 6. The van der Waals surface area contributed by atoms with Gasteiger partial charge in [0.15, 0.2) is 5.54 Å². The van der Waals surface area contributed by atoms with Gasteiger partial charge in [-0.1, -0.05) is 23.8 Å². The van der Waals surface area contributed by atoms with E-state index in [1.165, 1.54) is 27.6 Å². The van der Waals surface area contributed by atoms with Crippen LogP contribution in [0.1, 0.15) is 28.1 Å². The van der Waals surface area contributed by atoms with Crippen molar-refractivity contribution in [2.24, 2.45) is 0 Å². The van der Waals surface area contributed by atoms with E-state index in [4.69, 9.17) is 0 Å². The van der Waals surface area contributed by atoms with Crippen LogP contribution in [-0.4, -0.2) is 27.7 Å². The quantitative estimate of drug-likeness (QED) is 0.572. The molecule has 1 aromatic carbocycles. The van der Waals surface area contributed by atoms with Gasteiger partial charge < -0.3 is 10.6 Å². The molecule has 3 heterocycles. The van der Waals surface area contributed by atoms with Gasteiger partial charge >= 0.3 is 6.03 Å². The number of imide groups is 1. The van der Waals surface area contributed by atoms with Crippen LogP contribution < -0.4 is 10.6 Å². The van der Waals surface area contributed by atoms with Crippen molar-refractivity contribution in [2.45, 2.75) is 32.4 Å². The maximum absolute atomic E-state index is 12.9. The van der Waals surface area contributed by atoms with E-state index in [9.17, 15) is 14.4 Å². The molecular formula is C21H20N4O3S2. The third-order valence-electron chi connectivity index (χ3n) is 4.86. The fourth-order valence-corrected chi connectivity index (χ4v) is 4.83. The number of carbonyl (C=O) groups is 3. The van der Waals surface area contributed by atoms with Crippen molar-refractivity contribution in [2.75, 3.05) is 5.32 Å². The number of aromatic nitrogens is 1. The molecule has 4 amide bonds. The molecule has 1 unspecified atom stereocenters. The van der Waals surface area contributed by atoms with Crippen molar-refractivity contribution in [3.05, 3.63) is 68.3 Å². The van der Waals surface area contributed by atoms with Crippen LogP contribution in [-0.2, 0) is 28.1 Å². The summed E-state index contributed by atoms with van der Waals surface area (Å²) in [6.07, 6.45) is 0.131. The van der Waals surface area contributed by atoms with Gasteiger partial charge in [-0.15, -0.1) is 22.7 Å². The number of carbonyl (C=O) groups excluding carboxylic acids is 3. The Morgan fingerprint density at radius 1 is 1.20 bits per heavy atom. The van der Waals surface area contributed by atoms with Crippen molar-refractivity contribution >= 4 is 46.2 Å². The van der Waals surface area contributed by atoms with Crippen LogP contribution in [0.2, 0.25) is 0 Å². The summed E-state index contributed by atoms with van der Waals surface area (Å²) in [6.45, 7) is 3.76. The summed E-state index contributed by atoms with van der Waals surface area (Å²) in [5.41, 5.74) is 1.37. The minimum atomic E-state index is -1.06. The highest BCUT2D eigenvalue weighted by atomic mass is 32.1. The fraction of sp³-hybridized carbons (Fsp3) is 0.238. The number of hydrogen-bond donors (Lipinski definition) is 2. The Balaban J connectivity index is 1.39. The van der Waals surface area contributed by atoms with Gasteiger partial charge in [-0.25, -0.2) is 9.78 Å². The number of anilines is 1. The normalized spacial score (nSPS) is 18.5. The highest BCUT2D eigenvalue weighted by molar-refractivity contribution is 7.10. The Bertz CT molecular complexity index is 1090. The molecule has 2 aromatic heterocycles. The molecule has 0 aliphatic carbocycles. The molecule has 1 aliphatic heterocycles. The Morgan fingerprint density at radius 3 is 2.67 bits per heavy atom. The van der Waals surface area contributed by atoms with Gasteiger partial charge in [-0.2, -0.15) is 0 Å². The number of hydrogen-bond acceptors (Lipinski definition) is 6. The van der Waals surface area contributed by atoms with Gasteiger partial charge in [0.05, 0.1) is 18.7 Å². The van der Waals surface area contributed by atoms with Gasteiger partial charge in [0.1, 0.15) is 5.01 Å². The molecular weight excluding hydrogens is 420 g/mol. The minimum Gasteiger partial charge on any atom is -0.326 e. The van der Waals surface area contributed by atoms with E-state index in [0.29, 0.717) is 10.7 Å². The lowest BCUT2D eigenvalue weighted by atomic mass is 10.0. The third kappa shape index (κ3) is 3.99. The van der Waals surface area contributed by atoms with Crippen molar-refractivity contribution in [1.29, 1.82) is 0 Å². The molecule has 9 heteroatoms. The topological polar surface area (TPSA) is 91.4 Å². The number of thiazole rings is 1. The zero-order valence-electron chi connectivity index (χ0n) is 16.5. The van der Waals surface area contributed by atoms with E-state index in [1.54, 1.807) is 12.3 Å². The number of aryl methyl sites for hydroxylation is 1. The molecule has 154 valence electrons. The molecule has 2 N–H and O–H groups in total. The van der Waals surface area contributed by atoms with Crippen LogP contribution >= 0.6 is 22.7 Å². The summed E-state index contributed by atoms with van der Waals surface area (Å²) in [5, 5.41) is 9.90. The average Bonchev–Trinajstić information content (AvgIpc) is 3.43. The predicted molar refractivity (Wildman–Crippen MR) is 116 cm³/mol. The molecule has 7 nitrogen and oxygen atoms in total. The number of amides is 4. The summed E-state index contributed by atoms with van der Waals surface area (Å²) < 4.78 is 0. The maximum atomic E-state index is 12.9. The molecule has 0 spiro atoms. The zero-order chi connectivity index (χ0) is 21.3. The van der Waals surface area contributed by atoms with Crippen molar-refractivity contribution < 1.29 is 14.4 Å². The number of benzene rings is 1. The van der Waals surface area contributed by atoms with Crippen molar-refractivity contribution in [3.8, 4) is 0 Å². The first-order valence-corrected chi connectivity index (χ1v) is 11.1. The first-order valence-electron chi connectivity index (χ1n) is 9.33. The van der Waals surface area contributed by atoms with Crippen LogP contribution in [0.3, 0.4) is 0 Å². The lowest BCUT2D eigenvalue weighted by molar-refractivity contribution is -0.131. The van der Waals surface area contributed by atoms with Crippen LogP contribution in [0.25, 0.3) is 0 Å². The second kappa shape index (κ2) is 8.00. The van der Waals surface area contributed by atoms with Gasteiger partial charge in [0.25, 0.3) is 5.91 Å². The van der Waals surface area contributed by atoms with E-state index < -0.39 is 11.6 Å². The highest BCUT2D eigenvalue weighted by Gasteiger charge is 2.49. The molecule has 4 rings (SSSR count). The Hall–Kier alpha value is -3.04. The Labute approximate surface area is 181 Å². The lowest BCUT2D eigenvalue weighted by Crippen LogP contribution is -2.40. The smallest absolute Gasteiger partial charge is 0.325 e. The van der Waals surface area contributed by atoms with Crippen molar-refractivity contribution in [1.82, 2.24) is 15.2 Å². The fourth-order valence-electron chi connectivity index (χ4n) is 3.21. The monoisotopic (exact) mass is 440 g/mol. The summed E-state index contributed by atoms with van der Waals surface area (Å²) >= 11 is 2.76. The standard InChI is InChI=1S/C21H20N4O3S2/c1-13-5-7-14(8-6-13)22-17(26)10-18-23-15(12-30-18)11-25-19(27)21(2,24-20(25)28)16-4-3-9-29-16/h3-9,12H,10-11H2,1-2H3,(H,22,26)(H,24,28). The van der Waals surface area contributed by atoms with E-state index in [1.807, 2.05) is 48.7 Å². The number of nitrogens with one attached hydrogen (secondary N) is 2. The van der Waals surface area contributed by atoms with E-state index in [-0.39, 0.29) is 24.8 Å². The lowest BCUT2D eigenvalue weighted by Gasteiger charge is -2.19. The zero-order valence-corrected chi connectivity index (χ0v) is 18.1. The average molecular weight is 441 g/mol. The largest absolute Gasteiger partial charge is 0.326 e. The molecule has 0 bridgehead atoms. The van der Waals surface area contributed by atoms with Gasteiger partial charge in [-0.05, 0) is 37.4 Å². The maximum Gasteiger partial charge on any atom is 0.325 e. The number of thiophene rings is 1. The molecule has 0 saturated carbocycles. The highest BCUT2D eigenvalue weighted by Crippen LogP contribution is 2.32. The van der Waals surface area contributed by atoms with E-state index in [2.05, 4.69) is 15.6 Å². The number of urea groups is 1. The predicted octanol–water partition coefficient (Wildman–Crippen LogP) is 3.66. The van der Waals surface area contributed by atoms with Crippen LogP contribution in [0.15, 0.2) is 47.2 Å². The summed E-state index contributed by atoms with van der Waals surface area (Å²) in [7, 11) is 0. The van der Waals surface area contributed by atoms with Gasteiger partial charge in [-0.3, -0.25) is 14.5 Å². The molecule has 1 atom stereocenters. The van der Waals surface area contributed by atoms with E-state index >= 15 is 0 Å². The summed E-state index contributed by atoms with van der Waals surface area (Å²) in [4.78, 5) is 44.0. The summed E-state index contributed by atoms with van der Waals surface area (Å²) in [6, 6.07) is 10.8. The Kier molecular flexibility index (Phi) is 5.40.